The number of rotatable bonds is 4. The Hall–Kier alpha value is -1.58. The number of para-hydroxylation sites is 1. The molecule has 0 saturated carbocycles. The molecule has 1 N–H and O–H groups in total. The minimum Gasteiger partial charge on any atom is -0.479 e. The van der Waals surface area contributed by atoms with Crippen LogP contribution in [0.1, 0.15) is 13.3 Å². The average molecular weight is 198 g/mol. The number of halogens is 1. The third-order valence-corrected chi connectivity index (χ3v) is 1.75. The minimum atomic E-state index is -1.09. The van der Waals surface area contributed by atoms with Gasteiger partial charge < -0.3 is 9.84 Å². The van der Waals surface area contributed by atoms with Crippen LogP contribution in [-0.4, -0.2) is 17.2 Å². The fourth-order valence-corrected chi connectivity index (χ4v) is 1.00. The number of ether oxygens (including phenoxy) is 1. The molecule has 1 aromatic rings. The van der Waals surface area contributed by atoms with E-state index in [0.29, 0.717) is 6.42 Å². The first-order chi connectivity index (χ1) is 6.65. The fraction of sp³-hybridized carbons (Fsp3) is 0.300. The topological polar surface area (TPSA) is 46.5 Å². The molecule has 3 nitrogen and oxygen atoms in total. The summed E-state index contributed by atoms with van der Waals surface area (Å²) in [4.78, 5) is 10.6. The van der Waals surface area contributed by atoms with Gasteiger partial charge in [0, 0.05) is 0 Å². The van der Waals surface area contributed by atoms with Crippen molar-refractivity contribution in [2.24, 2.45) is 0 Å². The van der Waals surface area contributed by atoms with Gasteiger partial charge in [-0.25, -0.2) is 9.18 Å². The molecule has 4 heteroatoms. The Morgan fingerprint density at radius 2 is 2.21 bits per heavy atom. The van der Waals surface area contributed by atoms with Crippen LogP contribution in [0.25, 0.3) is 0 Å². The van der Waals surface area contributed by atoms with E-state index in [-0.39, 0.29) is 5.75 Å². The number of carboxylic acid groups (broad SMARTS) is 1. The number of carboxylic acids is 1. The van der Waals surface area contributed by atoms with Crippen molar-refractivity contribution in [2.45, 2.75) is 19.4 Å². The first-order valence-corrected chi connectivity index (χ1v) is 4.29. The van der Waals surface area contributed by atoms with Crippen LogP contribution in [-0.2, 0) is 4.79 Å². The van der Waals surface area contributed by atoms with Gasteiger partial charge in [0.05, 0.1) is 0 Å². The van der Waals surface area contributed by atoms with Crippen LogP contribution in [0.3, 0.4) is 0 Å². The lowest BCUT2D eigenvalue weighted by atomic mass is 10.2. The summed E-state index contributed by atoms with van der Waals surface area (Å²) in [6.07, 6.45) is -0.698. The van der Waals surface area contributed by atoms with Crippen molar-refractivity contribution in [1.29, 1.82) is 0 Å². The van der Waals surface area contributed by atoms with E-state index in [1.54, 1.807) is 13.0 Å². The molecule has 0 aromatic heterocycles. The minimum absolute atomic E-state index is 0.0262. The Balaban J connectivity index is 2.77. The molecule has 0 bridgehead atoms. The molecule has 0 saturated heterocycles. The van der Waals surface area contributed by atoms with Gasteiger partial charge in [0.25, 0.3) is 0 Å². The average Bonchev–Trinajstić information content (AvgIpc) is 2.16. The zero-order valence-corrected chi connectivity index (χ0v) is 7.74. The van der Waals surface area contributed by atoms with E-state index in [4.69, 9.17) is 9.84 Å². The van der Waals surface area contributed by atoms with Gasteiger partial charge in [0.15, 0.2) is 17.7 Å². The van der Waals surface area contributed by atoms with E-state index in [1.165, 1.54) is 18.2 Å². The van der Waals surface area contributed by atoms with Crippen LogP contribution >= 0.6 is 0 Å². The summed E-state index contributed by atoms with van der Waals surface area (Å²) in [6, 6.07) is 5.74. The van der Waals surface area contributed by atoms with E-state index < -0.39 is 17.9 Å². The van der Waals surface area contributed by atoms with Crippen LogP contribution in [0.15, 0.2) is 24.3 Å². The van der Waals surface area contributed by atoms with E-state index >= 15 is 0 Å². The van der Waals surface area contributed by atoms with Gasteiger partial charge in [-0.2, -0.15) is 0 Å². The Kier molecular flexibility index (Phi) is 3.45. The predicted octanol–water partition coefficient (Wildman–Crippen LogP) is 2.07. The van der Waals surface area contributed by atoms with Crippen LogP contribution in [0, 0.1) is 5.82 Å². The highest BCUT2D eigenvalue weighted by atomic mass is 19.1. The van der Waals surface area contributed by atoms with E-state index in [9.17, 15) is 9.18 Å². The highest BCUT2D eigenvalue weighted by molar-refractivity contribution is 5.72. The molecule has 14 heavy (non-hydrogen) atoms. The smallest absolute Gasteiger partial charge is 0.344 e. The summed E-state index contributed by atoms with van der Waals surface area (Å²) in [6.45, 7) is 1.67. The molecule has 0 aliphatic heterocycles. The van der Waals surface area contributed by atoms with Crippen LogP contribution in [0.5, 0.6) is 5.75 Å². The maximum Gasteiger partial charge on any atom is 0.344 e. The molecule has 76 valence electrons. The highest BCUT2D eigenvalue weighted by Gasteiger charge is 2.17. The molecule has 0 spiro atoms. The molecule has 0 amide bonds. The maximum atomic E-state index is 13.0. The molecule has 0 aliphatic carbocycles. The number of hydrogen-bond donors (Lipinski definition) is 1. The number of hydrogen-bond acceptors (Lipinski definition) is 2. The van der Waals surface area contributed by atoms with Crippen molar-refractivity contribution in [3.8, 4) is 5.75 Å². The van der Waals surface area contributed by atoms with Crippen molar-refractivity contribution >= 4 is 5.97 Å². The van der Waals surface area contributed by atoms with Gasteiger partial charge >= 0.3 is 5.97 Å². The summed E-state index contributed by atoms with van der Waals surface area (Å²) in [5.74, 6) is -1.66. The third kappa shape index (κ3) is 2.45. The first-order valence-electron chi connectivity index (χ1n) is 4.29. The molecule has 0 fully saturated rings. The van der Waals surface area contributed by atoms with E-state index in [1.807, 2.05) is 0 Å². The van der Waals surface area contributed by atoms with Crippen LogP contribution in [0.4, 0.5) is 4.39 Å². The highest BCUT2D eigenvalue weighted by Crippen LogP contribution is 2.17. The van der Waals surface area contributed by atoms with Gasteiger partial charge in [-0.1, -0.05) is 19.1 Å². The zero-order valence-electron chi connectivity index (χ0n) is 7.74. The maximum absolute atomic E-state index is 13.0. The summed E-state index contributed by atoms with van der Waals surface area (Å²) in [5.41, 5.74) is 0. The number of aliphatic carboxylic acids is 1. The van der Waals surface area contributed by atoms with Crippen LogP contribution < -0.4 is 4.74 Å². The van der Waals surface area contributed by atoms with Gasteiger partial charge in [-0.15, -0.1) is 0 Å². The molecule has 0 heterocycles. The summed E-state index contributed by atoms with van der Waals surface area (Å²) >= 11 is 0. The second-order valence-corrected chi connectivity index (χ2v) is 2.78. The van der Waals surface area contributed by atoms with Gasteiger partial charge in [-0.3, -0.25) is 0 Å². The number of benzene rings is 1. The second-order valence-electron chi connectivity index (χ2n) is 2.78. The Labute approximate surface area is 81.1 Å². The quantitative estimate of drug-likeness (QED) is 0.805. The molecule has 0 aliphatic rings. The second kappa shape index (κ2) is 4.60. The van der Waals surface area contributed by atoms with E-state index in [2.05, 4.69) is 0 Å². The largest absolute Gasteiger partial charge is 0.479 e. The molecule has 0 radical (unpaired) electrons. The molecule has 1 rings (SSSR count). The molecule has 0 unspecified atom stereocenters. The summed E-state index contributed by atoms with van der Waals surface area (Å²) in [5, 5.41) is 8.68. The van der Waals surface area contributed by atoms with Crippen molar-refractivity contribution < 1.29 is 19.0 Å². The van der Waals surface area contributed by atoms with Crippen LogP contribution in [0.2, 0.25) is 0 Å². The van der Waals surface area contributed by atoms with Gasteiger partial charge in [0.2, 0.25) is 0 Å². The fourth-order valence-electron chi connectivity index (χ4n) is 1.00. The number of carbonyl (C=O) groups is 1. The summed E-state index contributed by atoms with van der Waals surface area (Å²) < 4.78 is 18.0. The molecule has 1 aromatic carbocycles. The molecular formula is C10H11FO3. The monoisotopic (exact) mass is 198 g/mol. The Morgan fingerprint density at radius 1 is 1.57 bits per heavy atom. The third-order valence-electron chi connectivity index (χ3n) is 1.75. The summed E-state index contributed by atoms with van der Waals surface area (Å²) in [7, 11) is 0. The van der Waals surface area contributed by atoms with Crippen molar-refractivity contribution in [1.82, 2.24) is 0 Å². The van der Waals surface area contributed by atoms with E-state index in [0.717, 1.165) is 0 Å². The SMILES string of the molecule is CC[C@H](Oc1ccccc1F)C(=O)O. The Morgan fingerprint density at radius 3 is 2.71 bits per heavy atom. The van der Waals surface area contributed by atoms with Gasteiger partial charge in [-0.05, 0) is 18.6 Å². The molecule has 1 atom stereocenters. The molecular weight excluding hydrogens is 187 g/mol. The lowest BCUT2D eigenvalue weighted by molar-refractivity contribution is -0.145. The lowest BCUT2D eigenvalue weighted by Crippen LogP contribution is -2.26. The normalized spacial score (nSPS) is 12.1. The standard InChI is InChI=1S/C10H11FO3/c1-2-8(10(12)13)14-9-6-4-3-5-7(9)11/h3-6,8H,2H2,1H3,(H,12,13)/t8-/m0/s1. The van der Waals surface area contributed by atoms with Gasteiger partial charge in [0.1, 0.15) is 0 Å². The van der Waals surface area contributed by atoms with Crippen molar-refractivity contribution in [3.05, 3.63) is 30.1 Å². The van der Waals surface area contributed by atoms with Crippen molar-refractivity contribution in [2.75, 3.05) is 0 Å². The zero-order chi connectivity index (χ0) is 10.6. The predicted molar refractivity (Wildman–Crippen MR) is 48.7 cm³/mol. The van der Waals surface area contributed by atoms with Crippen molar-refractivity contribution in [3.63, 3.8) is 0 Å². The lowest BCUT2D eigenvalue weighted by Gasteiger charge is -2.13. The Bertz CT molecular complexity index is 325. The first kappa shape index (κ1) is 10.5.